The molecule has 16 heavy (non-hydrogen) atoms. The molecular formula is C13H14FNO. The van der Waals surface area contributed by atoms with E-state index in [0.717, 1.165) is 12.5 Å². The van der Waals surface area contributed by atoms with Crippen LogP contribution in [0, 0.1) is 11.7 Å². The summed E-state index contributed by atoms with van der Waals surface area (Å²) in [4.78, 5) is 12.7. The topological polar surface area (TPSA) is 20.3 Å². The van der Waals surface area contributed by atoms with Gasteiger partial charge in [-0.15, -0.1) is 0 Å². The van der Waals surface area contributed by atoms with Gasteiger partial charge < -0.3 is 4.90 Å². The molecule has 3 heteroatoms. The van der Waals surface area contributed by atoms with Crippen molar-refractivity contribution in [3.8, 4) is 0 Å². The molecule has 3 rings (SSSR count). The van der Waals surface area contributed by atoms with Crippen LogP contribution < -0.4 is 4.90 Å². The fraction of sp³-hybridized carbons (Fsp3) is 0.462. The number of benzene rings is 1. The van der Waals surface area contributed by atoms with E-state index < -0.39 is 0 Å². The molecule has 0 radical (unpaired) electrons. The van der Waals surface area contributed by atoms with Crippen LogP contribution in [0.15, 0.2) is 18.2 Å². The number of hydrogen-bond donors (Lipinski definition) is 0. The van der Waals surface area contributed by atoms with Gasteiger partial charge in [0.2, 0.25) is 0 Å². The minimum Gasteiger partial charge on any atom is -0.366 e. The minimum absolute atomic E-state index is 0.267. The Bertz CT molecular complexity index is 432. The summed E-state index contributed by atoms with van der Waals surface area (Å²) < 4.78 is 13.8. The number of fused-ring (bicyclic) bond motifs is 2. The number of halogens is 1. The van der Waals surface area contributed by atoms with E-state index in [1.807, 2.05) is 0 Å². The van der Waals surface area contributed by atoms with Crippen LogP contribution in [0.2, 0.25) is 0 Å². The largest absolute Gasteiger partial charge is 0.366 e. The maximum atomic E-state index is 13.8. The zero-order chi connectivity index (χ0) is 11.1. The average molecular weight is 219 g/mol. The molecule has 1 aromatic rings. The van der Waals surface area contributed by atoms with E-state index in [-0.39, 0.29) is 5.82 Å². The van der Waals surface area contributed by atoms with Gasteiger partial charge in [0.25, 0.3) is 0 Å². The Hall–Kier alpha value is -1.38. The lowest BCUT2D eigenvalue weighted by Crippen LogP contribution is -2.32. The van der Waals surface area contributed by atoms with E-state index in [2.05, 4.69) is 4.90 Å². The first kappa shape index (κ1) is 9.82. The van der Waals surface area contributed by atoms with Crippen molar-refractivity contribution in [1.82, 2.24) is 0 Å². The van der Waals surface area contributed by atoms with Gasteiger partial charge in [0.1, 0.15) is 12.1 Å². The van der Waals surface area contributed by atoms with Crippen molar-refractivity contribution < 1.29 is 9.18 Å². The maximum Gasteiger partial charge on any atom is 0.150 e. The van der Waals surface area contributed by atoms with Crippen LogP contribution in [0.4, 0.5) is 10.1 Å². The quantitative estimate of drug-likeness (QED) is 0.713. The second-order valence-electron chi connectivity index (χ2n) is 4.81. The third kappa shape index (κ3) is 1.42. The van der Waals surface area contributed by atoms with E-state index in [9.17, 15) is 9.18 Å². The molecular weight excluding hydrogens is 205 g/mol. The Labute approximate surface area is 94.1 Å². The fourth-order valence-electron chi connectivity index (χ4n) is 3.05. The first-order chi connectivity index (χ1) is 7.78. The molecule has 1 aliphatic heterocycles. The average Bonchev–Trinajstić information content (AvgIpc) is 2.90. The highest BCUT2D eigenvalue weighted by molar-refractivity contribution is 5.76. The second-order valence-corrected chi connectivity index (χ2v) is 4.81. The van der Waals surface area contributed by atoms with Gasteiger partial charge in [-0.3, -0.25) is 4.79 Å². The zero-order valence-corrected chi connectivity index (χ0v) is 9.03. The molecule has 0 spiro atoms. The molecule has 1 saturated carbocycles. The molecule has 2 nitrogen and oxygen atoms in total. The van der Waals surface area contributed by atoms with Crippen LogP contribution in [-0.2, 0) is 0 Å². The summed E-state index contributed by atoms with van der Waals surface area (Å²) in [6.07, 6.45) is 4.35. The van der Waals surface area contributed by atoms with E-state index in [0.29, 0.717) is 23.6 Å². The summed E-state index contributed by atoms with van der Waals surface area (Å²) in [6.45, 7) is 0.974. The van der Waals surface area contributed by atoms with Crippen LogP contribution >= 0.6 is 0 Å². The molecule has 1 saturated heterocycles. The number of aldehydes is 1. The molecule has 2 unspecified atom stereocenters. The normalized spacial score (nSPS) is 27.4. The van der Waals surface area contributed by atoms with Gasteiger partial charge in [0, 0.05) is 18.2 Å². The summed E-state index contributed by atoms with van der Waals surface area (Å²) in [5.74, 6) is 0.479. The lowest BCUT2D eigenvalue weighted by molar-refractivity contribution is 0.112. The molecule has 1 aromatic carbocycles. The summed E-state index contributed by atoms with van der Waals surface area (Å²) in [7, 11) is 0. The molecule has 2 aliphatic rings. The van der Waals surface area contributed by atoms with Crippen molar-refractivity contribution in [2.45, 2.75) is 25.3 Å². The zero-order valence-electron chi connectivity index (χ0n) is 9.03. The first-order valence-electron chi connectivity index (χ1n) is 5.79. The molecule has 0 N–H and O–H groups in total. The smallest absolute Gasteiger partial charge is 0.150 e. The highest BCUT2D eigenvalue weighted by atomic mass is 19.1. The number of anilines is 1. The van der Waals surface area contributed by atoms with Gasteiger partial charge in [0.05, 0.1) is 5.69 Å². The van der Waals surface area contributed by atoms with Crippen molar-refractivity contribution in [3.63, 3.8) is 0 Å². The highest BCUT2D eigenvalue weighted by Crippen LogP contribution is 2.40. The van der Waals surface area contributed by atoms with Crippen molar-refractivity contribution in [2.75, 3.05) is 11.4 Å². The van der Waals surface area contributed by atoms with Crippen molar-refractivity contribution >= 4 is 12.0 Å². The number of carbonyl (C=O) groups excluding carboxylic acids is 1. The molecule has 2 fully saturated rings. The highest BCUT2D eigenvalue weighted by Gasteiger charge is 2.38. The Balaban J connectivity index is 1.92. The predicted molar refractivity (Wildman–Crippen MR) is 60.3 cm³/mol. The molecule has 0 amide bonds. The third-order valence-electron chi connectivity index (χ3n) is 3.83. The van der Waals surface area contributed by atoms with E-state index in [4.69, 9.17) is 0 Å². The van der Waals surface area contributed by atoms with Crippen LogP contribution in [0.3, 0.4) is 0 Å². The van der Waals surface area contributed by atoms with E-state index >= 15 is 0 Å². The number of carbonyl (C=O) groups is 1. The fourth-order valence-corrected chi connectivity index (χ4v) is 3.05. The number of rotatable bonds is 2. The molecule has 2 atom stereocenters. The Morgan fingerprint density at radius 2 is 2.25 bits per heavy atom. The first-order valence-corrected chi connectivity index (χ1v) is 5.79. The minimum atomic E-state index is -0.267. The van der Waals surface area contributed by atoms with Gasteiger partial charge in [-0.1, -0.05) is 0 Å². The van der Waals surface area contributed by atoms with Gasteiger partial charge in [-0.05, 0) is 43.4 Å². The van der Waals surface area contributed by atoms with Crippen molar-refractivity contribution in [3.05, 3.63) is 29.6 Å². The van der Waals surface area contributed by atoms with Crippen LogP contribution in [-0.4, -0.2) is 18.9 Å². The van der Waals surface area contributed by atoms with E-state index in [1.165, 1.54) is 25.3 Å². The van der Waals surface area contributed by atoms with Crippen molar-refractivity contribution in [1.29, 1.82) is 0 Å². The van der Waals surface area contributed by atoms with Crippen LogP contribution in [0.1, 0.15) is 29.6 Å². The maximum absolute atomic E-state index is 13.8. The number of nitrogens with zero attached hydrogens (tertiary/aromatic N) is 1. The lowest BCUT2D eigenvalue weighted by Gasteiger charge is -2.29. The number of piperidine rings is 1. The molecule has 0 aromatic heterocycles. The summed E-state index contributed by atoms with van der Waals surface area (Å²) in [5.41, 5.74) is 1.07. The molecule has 2 bridgehead atoms. The van der Waals surface area contributed by atoms with Crippen molar-refractivity contribution in [2.24, 2.45) is 5.92 Å². The van der Waals surface area contributed by atoms with Gasteiger partial charge in [-0.25, -0.2) is 4.39 Å². The van der Waals surface area contributed by atoms with Gasteiger partial charge in [-0.2, -0.15) is 0 Å². The lowest BCUT2D eigenvalue weighted by atomic mass is 10.1. The summed E-state index contributed by atoms with van der Waals surface area (Å²) in [6, 6.07) is 5.27. The predicted octanol–water partition coefficient (Wildman–Crippen LogP) is 2.63. The Morgan fingerprint density at radius 3 is 2.81 bits per heavy atom. The molecule has 1 heterocycles. The monoisotopic (exact) mass is 219 g/mol. The Kier molecular flexibility index (Phi) is 2.20. The molecule has 84 valence electrons. The van der Waals surface area contributed by atoms with Gasteiger partial charge in [0.15, 0.2) is 0 Å². The molecule has 1 aliphatic carbocycles. The van der Waals surface area contributed by atoms with Gasteiger partial charge >= 0.3 is 0 Å². The second kappa shape index (κ2) is 3.58. The SMILES string of the molecule is O=Cc1ccc(N2CC3CCC2C3)c(F)c1. The van der Waals surface area contributed by atoms with E-state index in [1.54, 1.807) is 12.1 Å². The third-order valence-corrected chi connectivity index (χ3v) is 3.83. The van der Waals surface area contributed by atoms with Crippen LogP contribution in [0.5, 0.6) is 0 Å². The Morgan fingerprint density at radius 1 is 1.38 bits per heavy atom. The standard InChI is InChI=1S/C13H14FNO/c14-12-6-10(8-16)2-4-13(12)15-7-9-1-3-11(15)5-9/h2,4,6,8-9,11H,1,3,5,7H2. The van der Waals surface area contributed by atoms with Crippen LogP contribution in [0.25, 0.3) is 0 Å². The summed E-state index contributed by atoms with van der Waals surface area (Å²) in [5, 5.41) is 0. The summed E-state index contributed by atoms with van der Waals surface area (Å²) >= 11 is 0. The number of hydrogen-bond acceptors (Lipinski definition) is 2.